The SMILES string of the molecule is NC1(O)CCCCC1c1ccncc1. The minimum atomic E-state index is -1.03. The van der Waals surface area contributed by atoms with Crippen LogP contribution in [0.25, 0.3) is 0 Å². The van der Waals surface area contributed by atoms with Gasteiger partial charge in [0.1, 0.15) is 5.72 Å². The molecule has 0 spiro atoms. The Balaban J connectivity index is 2.24. The van der Waals surface area contributed by atoms with Gasteiger partial charge in [-0.05, 0) is 37.0 Å². The third-order valence-corrected chi connectivity index (χ3v) is 3.03. The van der Waals surface area contributed by atoms with E-state index < -0.39 is 5.72 Å². The zero-order valence-electron chi connectivity index (χ0n) is 8.19. The summed E-state index contributed by atoms with van der Waals surface area (Å²) in [6.45, 7) is 0. The minimum Gasteiger partial charge on any atom is -0.375 e. The third kappa shape index (κ3) is 1.79. The Hall–Kier alpha value is -0.930. The summed E-state index contributed by atoms with van der Waals surface area (Å²) < 4.78 is 0. The number of pyridine rings is 1. The fourth-order valence-corrected chi connectivity index (χ4v) is 2.23. The summed E-state index contributed by atoms with van der Waals surface area (Å²) >= 11 is 0. The van der Waals surface area contributed by atoms with E-state index in [1.165, 1.54) is 0 Å². The molecular formula is C11H16N2O. The summed E-state index contributed by atoms with van der Waals surface area (Å²) in [4.78, 5) is 3.97. The maximum atomic E-state index is 10.0. The second kappa shape index (κ2) is 3.67. The zero-order valence-corrected chi connectivity index (χ0v) is 8.19. The molecule has 1 aromatic heterocycles. The number of hydrogen-bond donors (Lipinski definition) is 2. The van der Waals surface area contributed by atoms with Crippen LogP contribution in [0.5, 0.6) is 0 Å². The lowest BCUT2D eigenvalue weighted by molar-refractivity contribution is -0.0112. The molecule has 2 rings (SSSR count). The summed E-state index contributed by atoms with van der Waals surface area (Å²) in [6.07, 6.45) is 7.33. The summed E-state index contributed by atoms with van der Waals surface area (Å²) in [5.74, 6) is 0.0687. The molecule has 2 unspecified atom stereocenters. The molecule has 1 aliphatic carbocycles. The van der Waals surface area contributed by atoms with Gasteiger partial charge in [-0.15, -0.1) is 0 Å². The second-order valence-electron chi connectivity index (χ2n) is 4.07. The highest BCUT2D eigenvalue weighted by Crippen LogP contribution is 2.37. The molecule has 3 N–H and O–H groups in total. The molecule has 1 aromatic rings. The van der Waals surface area contributed by atoms with Crippen LogP contribution in [0.15, 0.2) is 24.5 Å². The van der Waals surface area contributed by atoms with Crippen molar-refractivity contribution in [3.63, 3.8) is 0 Å². The van der Waals surface area contributed by atoms with Crippen LogP contribution >= 0.6 is 0 Å². The summed E-state index contributed by atoms with van der Waals surface area (Å²) in [5.41, 5.74) is 5.96. The van der Waals surface area contributed by atoms with Crippen molar-refractivity contribution < 1.29 is 5.11 Å². The normalized spacial score (nSPS) is 32.9. The van der Waals surface area contributed by atoms with Gasteiger partial charge in [-0.25, -0.2) is 0 Å². The Bertz CT molecular complexity index is 297. The van der Waals surface area contributed by atoms with Gasteiger partial charge in [-0.3, -0.25) is 4.98 Å². The summed E-state index contributed by atoms with van der Waals surface area (Å²) in [5, 5.41) is 10.0. The molecule has 0 bridgehead atoms. The first-order chi connectivity index (χ1) is 6.70. The Kier molecular flexibility index (Phi) is 2.52. The lowest BCUT2D eigenvalue weighted by Gasteiger charge is -2.36. The van der Waals surface area contributed by atoms with Gasteiger partial charge in [0.25, 0.3) is 0 Å². The minimum absolute atomic E-state index is 0.0687. The molecule has 14 heavy (non-hydrogen) atoms. The first-order valence-electron chi connectivity index (χ1n) is 5.11. The van der Waals surface area contributed by atoms with E-state index >= 15 is 0 Å². The quantitative estimate of drug-likeness (QED) is 0.661. The van der Waals surface area contributed by atoms with Crippen LogP contribution in [0.1, 0.15) is 37.2 Å². The van der Waals surface area contributed by atoms with E-state index in [2.05, 4.69) is 4.98 Å². The van der Waals surface area contributed by atoms with Crippen LogP contribution in [0.2, 0.25) is 0 Å². The average molecular weight is 192 g/mol. The molecule has 3 nitrogen and oxygen atoms in total. The fourth-order valence-electron chi connectivity index (χ4n) is 2.23. The first-order valence-corrected chi connectivity index (χ1v) is 5.11. The van der Waals surface area contributed by atoms with Crippen LogP contribution in [0.4, 0.5) is 0 Å². The fraction of sp³-hybridized carbons (Fsp3) is 0.545. The van der Waals surface area contributed by atoms with E-state index in [1.807, 2.05) is 12.1 Å². The van der Waals surface area contributed by atoms with Crippen molar-refractivity contribution in [2.24, 2.45) is 5.73 Å². The molecule has 1 fully saturated rings. The van der Waals surface area contributed by atoms with Crippen LogP contribution in [0.3, 0.4) is 0 Å². The van der Waals surface area contributed by atoms with Gasteiger partial charge in [0.05, 0.1) is 0 Å². The Morgan fingerprint density at radius 2 is 2.07 bits per heavy atom. The number of nitrogens with two attached hydrogens (primary N) is 1. The van der Waals surface area contributed by atoms with Gasteiger partial charge in [0.15, 0.2) is 0 Å². The second-order valence-corrected chi connectivity index (χ2v) is 4.07. The largest absolute Gasteiger partial charge is 0.375 e. The van der Waals surface area contributed by atoms with Gasteiger partial charge in [0, 0.05) is 18.3 Å². The van der Waals surface area contributed by atoms with Gasteiger partial charge < -0.3 is 10.8 Å². The molecule has 0 aliphatic heterocycles. The summed E-state index contributed by atoms with van der Waals surface area (Å²) in [6, 6.07) is 3.88. The highest BCUT2D eigenvalue weighted by Gasteiger charge is 2.35. The molecule has 0 aromatic carbocycles. The van der Waals surface area contributed by atoms with Crippen LogP contribution in [-0.2, 0) is 0 Å². The Labute approximate surface area is 84.0 Å². The Morgan fingerprint density at radius 3 is 2.71 bits per heavy atom. The molecule has 1 saturated carbocycles. The van der Waals surface area contributed by atoms with E-state index in [9.17, 15) is 5.11 Å². The number of hydrogen-bond acceptors (Lipinski definition) is 3. The van der Waals surface area contributed by atoms with E-state index in [4.69, 9.17) is 5.73 Å². The van der Waals surface area contributed by atoms with Crippen molar-refractivity contribution in [3.8, 4) is 0 Å². The number of rotatable bonds is 1. The lowest BCUT2D eigenvalue weighted by Crippen LogP contribution is -2.47. The van der Waals surface area contributed by atoms with E-state index in [0.29, 0.717) is 6.42 Å². The molecule has 0 saturated heterocycles. The lowest BCUT2D eigenvalue weighted by atomic mass is 9.78. The standard InChI is InChI=1S/C11H16N2O/c12-11(14)6-2-1-3-10(11)9-4-7-13-8-5-9/h4-5,7-8,10,14H,1-3,6,12H2. The predicted octanol–water partition coefficient (Wildman–Crippen LogP) is 1.39. The van der Waals surface area contributed by atoms with E-state index in [-0.39, 0.29) is 5.92 Å². The molecule has 0 radical (unpaired) electrons. The number of nitrogens with zero attached hydrogens (tertiary/aromatic N) is 1. The van der Waals surface area contributed by atoms with Crippen molar-refractivity contribution in [3.05, 3.63) is 30.1 Å². The third-order valence-electron chi connectivity index (χ3n) is 3.03. The predicted molar refractivity (Wildman–Crippen MR) is 54.6 cm³/mol. The van der Waals surface area contributed by atoms with Crippen LogP contribution < -0.4 is 5.73 Å². The Morgan fingerprint density at radius 1 is 1.36 bits per heavy atom. The van der Waals surface area contributed by atoms with Gasteiger partial charge in [0.2, 0.25) is 0 Å². The molecule has 0 amide bonds. The highest BCUT2D eigenvalue weighted by atomic mass is 16.3. The van der Waals surface area contributed by atoms with Crippen molar-refractivity contribution in [1.29, 1.82) is 0 Å². The van der Waals surface area contributed by atoms with Crippen molar-refractivity contribution in [2.75, 3.05) is 0 Å². The molecule has 76 valence electrons. The van der Waals surface area contributed by atoms with Crippen molar-refractivity contribution in [2.45, 2.75) is 37.3 Å². The maximum absolute atomic E-state index is 10.0. The maximum Gasteiger partial charge on any atom is 0.120 e. The highest BCUT2D eigenvalue weighted by molar-refractivity contribution is 5.20. The molecule has 1 heterocycles. The molecule has 3 heteroatoms. The molecule has 2 atom stereocenters. The number of aromatic nitrogens is 1. The van der Waals surface area contributed by atoms with E-state index in [0.717, 1.165) is 24.8 Å². The van der Waals surface area contributed by atoms with Crippen LogP contribution in [0, 0.1) is 0 Å². The summed E-state index contributed by atoms with van der Waals surface area (Å²) in [7, 11) is 0. The van der Waals surface area contributed by atoms with Gasteiger partial charge in [-0.1, -0.05) is 6.42 Å². The van der Waals surface area contributed by atoms with Crippen molar-refractivity contribution in [1.82, 2.24) is 4.98 Å². The average Bonchev–Trinajstić information content (AvgIpc) is 2.18. The van der Waals surface area contributed by atoms with Crippen LogP contribution in [-0.4, -0.2) is 15.8 Å². The first kappa shape index (κ1) is 9.62. The monoisotopic (exact) mass is 192 g/mol. The number of aliphatic hydroxyl groups is 1. The smallest absolute Gasteiger partial charge is 0.120 e. The van der Waals surface area contributed by atoms with Gasteiger partial charge in [-0.2, -0.15) is 0 Å². The van der Waals surface area contributed by atoms with Crippen molar-refractivity contribution >= 4 is 0 Å². The molecule has 1 aliphatic rings. The van der Waals surface area contributed by atoms with E-state index in [1.54, 1.807) is 12.4 Å². The topological polar surface area (TPSA) is 59.1 Å². The zero-order chi connectivity index (χ0) is 10.0. The van der Waals surface area contributed by atoms with Gasteiger partial charge >= 0.3 is 0 Å². The molecular weight excluding hydrogens is 176 g/mol.